The number of allylic oxidation sites excluding steroid dienone is 1. The second-order valence-electron chi connectivity index (χ2n) is 10.0. The Morgan fingerprint density at radius 2 is 0.975 bits per heavy atom. The van der Waals surface area contributed by atoms with Crippen molar-refractivity contribution in [2.75, 3.05) is 0 Å². The minimum absolute atomic E-state index is 0.100. The summed E-state index contributed by atoms with van der Waals surface area (Å²) >= 11 is 0. The van der Waals surface area contributed by atoms with Gasteiger partial charge < -0.3 is 0 Å². The van der Waals surface area contributed by atoms with Gasteiger partial charge in [0.2, 0.25) is 20.0 Å². The fourth-order valence-electron chi connectivity index (χ4n) is 5.36. The fourth-order valence-corrected chi connectivity index (χ4v) is 8.95. The van der Waals surface area contributed by atoms with E-state index in [4.69, 9.17) is 0 Å². The highest BCUT2D eigenvalue weighted by Crippen LogP contribution is 2.51. The molecule has 2 atom stereocenters. The van der Waals surface area contributed by atoms with Crippen LogP contribution in [0.2, 0.25) is 6.32 Å². The summed E-state index contributed by atoms with van der Waals surface area (Å²) in [5, 5.41) is 0. The molecule has 1 aliphatic rings. The summed E-state index contributed by atoms with van der Waals surface area (Å²) in [6.45, 7) is 6.61. The van der Waals surface area contributed by atoms with Crippen LogP contribution >= 0.6 is 0 Å². The topological polar surface area (TPSA) is 74.8 Å². The first-order valence-electron chi connectivity index (χ1n) is 13.1. The molecular formula is C31H31BN2O4S2. The lowest BCUT2D eigenvalue weighted by molar-refractivity contribution is 0.377. The van der Waals surface area contributed by atoms with E-state index in [0.717, 1.165) is 11.1 Å². The van der Waals surface area contributed by atoms with Crippen molar-refractivity contribution in [3.8, 4) is 0 Å². The van der Waals surface area contributed by atoms with E-state index in [2.05, 4.69) is 6.58 Å². The van der Waals surface area contributed by atoms with Crippen LogP contribution in [-0.4, -0.2) is 32.3 Å². The Morgan fingerprint density at radius 1 is 0.625 bits per heavy atom. The molecule has 204 valence electrons. The van der Waals surface area contributed by atoms with Gasteiger partial charge in [-0.15, -0.1) is 6.58 Å². The van der Waals surface area contributed by atoms with Crippen LogP contribution < -0.4 is 0 Å². The zero-order valence-electron chi connectivity index (χ0n) is 22.5. The Balaban J connectivity index is 1.82. The van der Waals surface area contributed by atoms with Crippen LogP contribution in [0.1, 0.15) is 34.3 Å². The Labute approximate surface area is 237 Å². The van der Waals surface area contributed by atoms with E-state index >= 15 is 0 Å². The van der Waals surface area contributed by atoms with Gasteiger partial charge in [-0.2, -0.15) is 0 Å². The van der Waals surface area contributed by atoms with Crippen LogP contribution in [0.15, 0.2) is 132 Å². The first kappa shape index (κ1) is 28.0. The molecular weight excluding hydrogens is 539 g/mol. The summed E-state index contributed by atoms with van der Waals surface area (Å²) in [5.41, 5.74) is 3.24. The number of hydrogen-bond acceptors (Lipinski definition) is 4. The monoisotopic (exact) mass is 570 g/mol. The number of rotatable bonds is 8. The van der Waals surface area contributed by atoms with Crippen LogP contribution in [0.5, 0.6) is 0 Å². The van der Waals surface area contributed by atoms with Crippen LogP contribution in [0.25, 0.3) is 0 Å². The van der Waals surface area contributed by atoms with Crippen LogP contribution in [0.3, 0.4) is 0 Å². The van der Waals surface area contributed by atoms with E-state index in [1.54, 1.807) is 54.6 Å². The highest BCUT2D eigenvalue weighted by atomic mass is 32.2. The average Bonchev–Trinajstić information content (AvgIpc) is 3.31. The Hall–Kier alpha value is -3.50. The third-order valence-corrected chi connectivity index (χ3v) is 11.1. The van der Waals surface area contributed by atoms with Gasteiger partial charge in [-0.1, -0.05) is 102 Å². The molecule has 4 aromatic carbocycles. The molecule has 1 fully saturated rings. The average molecular weight is 571 g/mol. The van der Waals surface area contributed by atoms with Gasteiger partial charge in [0.1, 0.15) is 0 Å². The van der Waals surface area contributed by atoms with E-state index in [9.17, 15) is 16.8 Å². The van der Waals surface area contributed by atoms with Gasteiger partial charge in [-0.25, -0.2) is 25.3 Å². The second-order valence-corrected chi connectivity index (χ2v) is 13.7. The van der Waals surface area contributed by atoms with Crippen LogP contribution in [0, 0.1) is 13.8 Å². The zero-order valence-corrected chi connectivity index (χ0v) is 24.1. The SMILES string of the molecule is C=CCB1N(S(=O)(=O)c2ccc(C)cc2)[C@@H](c2ccccc2)[C@H](c2ccccc2)N1S(=O)(=O)c1ccc(C)cc1. The summed E-state index contributed by atoms with van der Waals surface area (Å²) in [6.07, 6.45) is 1.68. The lowest BCUT2D eigenvalue weighted by Crippen LogP contribution is -2.48. The predicted octanol–water partition coefficient (Wildman–Crippen LogP) is 6.16. The third kappa shape index (κ3) is 5.06. The predicted molar refractivity (Wildman–Crippen MR) is 160 cm³/mol. The molecule has 4 aromatic rings. The van der Waals surface area contributed by atoms with Crippen molar-refractivity contribution in [1.29, 1.82) is 0 Å². The van der Waals surface area contributed by atoms with E-state index in [1.165, 1.54) is 8.43 Å². The van der Waals surface area contributed by atoms with Gasteiger partial charge in [-0.05, 0) is 55.6 Å². The molecule has 0 spiro atoms. The Morgan fingerprint density at radius 3 is 1.30 bits per heavy atom. The number of nitrogens with zero attached hydrogens (tertiary/aromatic N) is 2. The number of hydrogen-bond donors (Lipinski definition) is 0. The van der Waals surface area contributed by atoms with Gasteiger partial charge in [-0.3, -0.25) is 0 Å². The van der Waals surface area contributed by atoms with Crippen molar-refractivity contribution >= 4 is 27.0 Å². The van der Waals surface area contributed by atoms with Gasteiger partial charge in [0, 0.05) is 0 Å². The van der Waals surface area contributed by atoms with Gasteiger partial charge in [0.05, 0.1) is 21.9 Å². The lowest BCUT2D eigenvalue weighted by Gasteiger charge is -2.30. The number of benzene rings is 4. The molecule has 0 aliphatic carbocycles. The van der Waals surface area contributed by atoms with Gasteiger partial charge >= 0.3 is 6.98 Å². The smallest absolute Gasteiger partial charge is 0.211 e. The molecule has 0 unspecified atom stereocenters. The first-order chi connectivity index (χ1) is 19.2. The summed E-state index contributed by atoms with van der Waals surface area (Å²) in [6, 6.07) is 30.1. The highest BCUT2D eigenvalue weighted by Gasteiger charge is 2.59. The van der Waals surface area contributed by atoms with Crippen molar-refractivity contribution in [3.05, 3.63) is 144 Å². The standard InChI is InChI=1S/C31H31BN2O4S2/c1-4-23-32-33(39(35,36)28-19-15-24(2)16-20-28)30(26-11-7-5-8-12-26)31(27-13-9-6-10-14-27)34(32)40(37,38)29-21-17-25(3)18-22-29/h4-22,30-31H,1,23H2,2-3H3/t30-,31-/m0/s1. The lowest BCUT2D eigenvalue weighted by atomic mass is 9.73. The fraction of sp³-hybridized carbons (Fsp3) is 0.161. The number of sulfonamides is 2. The molecule has 1 aliphatic heterocycles. The van der Waals surface area contributed by atoms with Crippen molar-refractivity contribution in [2.45, 2.75) is 42.0 Å². The van der Waals surface area contributed by atoms with Crippen molar-refractivity contribution in [1.82, 2.24) is 8.43 Å². The number of aryl methyl sites for hydroxylation is 2. The molecule has 6 nitrogen and oxygen atoms in total. The second kappa shape index (κ2) is 11.2. The molecule has 0 saturated carbocycles. The molecule has 5 rings (SSSR count). The largest absolute Gasteiger partial charge is 0.346 e. The molecule has 1 heterocycles. The van der Waals surface area contributed by atoms with E-state index < -0.39 is 39.1 Å². The molecule has 9 heteroatoms. The van der Waals surface area contributed by atoms with Crippen LogP contribution in [-0.2, 0) is 20.0 Å². The van der Waals surface area contributed by atoms with Crippen molar-refractivity contribution in [3.63, 3.8) is 0 Å². The third-order valence-electron chi connectivity index (χ3n) is 7.29. The molecule has 0 N–H and O–H groups in total. The summed E-state index contributed by atoms with van der Waals surface area (Å²) in [7, 11) is -8.34. The van der Waals surface area contributed by atoms with E-state index in [1.807, 2.05) is 74.5 Å². The minimum atomic E-state index is -4.17. The maximum Gasteiger partial charge on any atom is 0.346 e. The van der Waals surface area contributed by atoms with Gasteiger partial charge in [0.15, 0.2) is 0 Å². The van der Waals surface area contributed by atoms with Crippen LogP contribution in [0.4, 0.5) is 0 Å². The van der Waals surface area contributed by atoms with Gasteiger partial charge in [0.25, 0.3) is 0 Å². The maximum absolute atomic E-state index is 14.5. The van der Waals surface area contributed by atoms with E-state index in [0.29, 0.717) is 11.1 Å². The molecule has 0 radical (unpaired) electrons. The summed E-state index contributed by atoms with van der Waals surface area (Å²) in [4.78, 5) is 0.212. The molecule has 0 aromatic heterocycles. The highest BCUT2D eigenvalue weighted by molar-refractivity contribution is 7.92. The quantitative estimate of drug-likeness (QED) is 0.188. The van der Waals surface area contributed by atoms with Crippen molar-refractivity contribution in [2.24, 2.45) is 0 Å². The van der Waals surface area contributed by atoms with Crippen molar-refractivity contribution < 1.29 is 16.8 Å². The molecule has 1 saturated heterocycles. The molecule has 40 heavy (non-hydrogen) atoms. The minimum Gasteiger partial charge on any atom is -0.211 e. The maximum atomic E-state index is 14.5. The summed E-state index contributed by atoms with van der Waals surface area (Å²) in [5.74, 6) is 0. The zero-order chi connectivity index (χ0) is 28.5. The Bertz CT molecular complexity index is 1570. The van der Waals surface area contributed by atoms with E-state index in [-0.39, 0.29) is 16.1 Å². The summed E-state index contributed by atoms with van der Waals surface area (Å²) < 4.78 is 60.8. The molecule has 0 bridgehead atoms. The normalized spacial score (nSPS) is 18.6. The first-order valence-corrected chi connectivity index (χ1v) is 16.0. The molecule has 0 amide bonds. The Kier molecular flexibility index (Phi) is 7.84.